The van der Waals surface area contributed by atoms with Crippen molar-refractivity contribution in [2.24, 2.45) is 5.92 Å². The Kier molecular flexibility index (Phi) is 6.98. The van der Waals surface area contributed by atoms with E-state index in [9.17, 15) is 9.59 Å². The van der Waals surface area contributed by atoms with E-state index in [1.807, 2.05) is 71.8 Å². The first kappa shape index (κ1) is 23.6. The Morgan fingerprint density at radius 1 is 1.06 bits per heavy atom. The predicted octanol–water partition coefficient (Wildman–Crippen LogP) is 4.41. The van der Waals surface area contributed by atoms with Crippen LogP contribution >= 0.6 is 0 Å². The van der Waals surface area contributed by atoms with E-state index in [0.29, 0.717) is 24.6 Å². The topological polar surface area (TPSA) is 81.3 Å². The molecule has 7 nitrogen and oxygen atoms in total. The zero-order valence-corrected chi connectivity index (χ0v) is 20.4. The monoisotopic (exact) mass is 481 g/mol. The molecule has 0 radical (unpaired) electrons. The standard InChI is InChI=1S/C29H31N5O2/c1-33(25-10-14-30-15-11-25)20-21-12-17-34(18-13-21)29(36)27(23-5-3-2-4-6-23)32-28(35)24-8-7-22-9-16-31-26(22)19-24/h2-11,14-16,19,21,27,31H,12-13,17-18,20H2,1H3,(H,32,35). The maximum atomic E-state index is 13.7. The molecular formula is C29H31N5O2. The molecule has 2 amide bonds. The number of nitrogens with zero attached hydrogens (tertiary/aromatic N) is 3. The van der Waals surface area contributed by atoms with Gasteiger partial charge in [0.2, 0.25) is 5.91 Å². The molecule has 1 saturated heterocycles. The summed E-state index contributed by atoms with van der Waals surface area (Å²) in [4.78, 5) is 38.2. The first-order valence-corrected chi connectivity index (χ1v) is 12.4. The second-order valence-electron chi connectivity index (χ2n) is 9.45. The predicted molar refractivity (Wildman–Crippen MR) is 142 cm³/mol. The average molecular weight is 482 g/mol. The molecule has 0 spiro atoms. The van der Waals surface area contributed by atoms with Crippen LogP contribution in [0.2, 0.25) is 0 Å². The molecule has 2 aromatic heterocycles. The lowest BCUT2D eigenvalue weighted by Gasteiger charge is -2.36. The lowest BCUT2D eigenvalue weighted by Crippen LogP contribution is -2.47. The number of fused-ring (bicyclic) bond motifs is 1. The summed E-state index contributed by atoms with van der Waals surface area (Å²) in [5.74, 6) is 0.184. The minimum atomic E-state index is -0.728. The summed E-state index contributed by atoms with van der Waals surface area (Å²) in [6, 6.07) is 20.3. The van der Waals surface area contributed by atoms with Gasteiger partial charge in [-0.05, 0) is 60.0 Å². The maximum absolute atomic E-state index is 13.7. The molecule has 1 aliphatic rings. The van der Waals surface area contributed by atoms with E-state index >= 15 is 0 Å². The van der Waals surface area contributed by atoms with Crippen LogP contribution in [0.15, 0.2) is 85.3 Å². The van der Waals surface area contributed by atoms with E-state index in [2.05, 4.69) is 27.2 Å². The summed E-state index contributed by atoms with van der Waals surface area (Å²) in [7, 11) is 2.10. The Bertz CT molecular complexity index is 1310. The molecule has 4 aromatic rings. The number of pyridine rings is 1. The minimum absolute atomic E-state index is 0.0589. The Hall–Kier alpha value is -4.13. The van der Waals surface area contributed by atoms with Gasteiger partial charge in [-0.2, -0.15) is 0 Å². The summed E-state index contributed by atoms with van der Waals surface area (Å²) >= 11 is 0. The minimum Gasteiger partial charge on any atom is -0.374 e. The number of aromatic nitrogens is 2. The van der Waals surface area contributed by atoms with Crippen LogP contribution < -0.4 is 10.2 Å². The lowest BCUT2D eigenvalue weighted by molar-refractivity contribution is -0.134. The van der Waals surface area contributed by atoms with Gasteiger partial charge in [-0.15, -0.1) is 0 Å². The Morgan fingerprint density at radius 3 is 2.56 bits per heavy atom. The zero-order valence-electron chi connectivity index (χ0n) is 20.4. The second-order valence-corrected chi connectivity index (χ2v) is 9.45. The van der Waals surface area contributed by atoms with Crippen molar-refractivity contribution >= 4 is 28.4 Å². The number of piperidine rings is 1. The van der Waals surface area contributed by atoms with E-state index in [0.717, 1.165) is 41.5 Å². The highest BCUT2D eigenvalue weighted by atomic mass is 16.2. The molecule has 1 fully saturated rings. The quantitative estimate of drug-likeness (QED) is 0.410. The van der Waals surface area contributed by atoms with E-state index in [-0.39, 0.29) is 11.8 Å². The van der Waals surface area contributed by atoms with E-state index in [1.54, 1.807) is 18.5 Å². The van der Waals surface area contributed by atoms with Crippen molar-refractivity contribution in [2.75, 3.05) is 31.6 Å². The molecule has 2 aromatic carbocycles. The summed E-state index contributed by atoms with van der Waals surface area (Å²) in [5.41, 5.74) is 3.35. The molecule has 3 heterocycles. The van der Waals surface area contributed by atoms with Crippen LogP contribution in [0.3, 0.4) is 0 Å². The molecule has 0 aliphatic carbocycles. The van der Waals surface area contributed by atoms with Crippen LogP contribution in [0.5, 0.6) is 0 Å². The number of carbonyl (C=O) groups is 2. The third kappa shape index (κ3) is 5.25. The van der Waals surface area contributed by atoms with Gasteiger partial charge in [-0.3, -0.25) is 14.6 Å². The average Bonchev–Trinajstić information content (AvgIpc) is 3.41. The fourth-order valence-corrected chi connectivity index (χ4v) is 4.95. The fraction of sp³-hybridized carbons (Fsp3) is 0.276. The van der Waals surface area contributed by atoms with Crippen molar-refractivity contribution in [1.29, 1.82) is 0 Å². The maximum Gasteiger partial charge on any atom is 0.252 e. The van der Waals surface area contributed by atoms with Crippen molar-refractivity contribution in [3.05, 3.63) is 96.4 Å². The molecule has 36 heavy (non-hydrogen) atoms. The largest absolute Gasteiger partial charge is 0.374 e. The van der Waals surface area contributed by atoms with Gasteiger partial charge >= 0.3 is 0 Å². The number of carbonyl (C=O) groups excluding carboxylic acids is 2. The first-order chi connectivity index (χ1) is 17.6. The third-order valence-electron chi connectivity index (χ3n) is 7.03. The van der Waals surface area contributed by atoms with Gasteiger partial charge in [-0.1, -0.05) is 36.4 Å². The number of nitrogens with one attached hydrogen (secondary N) is 2. The van der Waals surface area contributed by atoms with Crippen molar-refractivity contribution in [3.8, 4) is 0 Å². The lowest BCUT2D eigenvalue weighted by atomic mass is 9.95. The molecule has 0 bridgehead atoms. The van der Waals surface area contributed by atoms with Crippen LogP contribution in [0.1, 0.15) is 34.8 Å². The second kappa shape index (κ2) is 10.6. The Balaban J connectivity index is 1.26. The number of rotatable bonds is 7. The summed E-state index contributed by atoms with van der Waals surface area (Å²) in [6.07, 6.45) is 7.32. The van der Waals surface area contributed by atoms with Crippen LogP contribution in [-0.4, -0.2) is 53.4 Å². The Labute approximate surface area is 211 Å². The molecule has 5 rings (SSSR count). The van der Waals surface area contributed by atoms with Crippen molar-refractivity contribution in [3.63, 3.8) is 0 Å². The normalized spacial score (nSPS) is 15.0. The van der Waals surface area contributed by atoms with Gasteiger partial charge < -0.3 is 20.1 Å². The SMILES string of the molecule is CN(CC1CCN(C(=O)C(NC(=O)c2ccc3cc[nH]c3c2)c2ccccc2)CC1)c1ccncc1. The van der Waals surface area contributed by atoms with E-state index < -0.39 is 6.04 Å². The zero-order chi connectivity index (χ0) is 24.9. The highest BCUT2D eigenvalue weighted by Crippen LogP contribution is 2.25. The molecule has 1 aliphatic heterocycles. The summed E-state index contributed by atoms with van der Waals surface area (Å²) in [6.45, 7) is 2.30. The number of H-pyrrole nitrogens is 1. The highest BCUT2D eigenvalue weighted by molar-refractivity contribution is 6.00. The van der Waals surface area contributed by atoms with Crippen LogP contribution in [-0.2, 0) is 4.79 Å². The third-order valence-corrected chi connectivity index (χ3v) is 7.03. The van der Waals surface area contributed by atoms with Gasteiger partial charge in [0.15, 0.2) is 0 Å². The van der Waals surface area contributed by atoms with Gasteiger partial charge in [0.05, 0.1) is 0 Å². The smallest absolute Gasteiger partial charge is 0.252 e. The molecule has 7 heteroatoms. The van der Waals surface area contributed by atoms with E-state index in [1.165, 1.54) is 0 Å². The summed E-state index contributed by atoms with van der Waals surface area (Å²) in [5, 5.41) is 4.05. The van der Waals surface area contributed by atoms with Gasteiger partial charge in [0.1, 0.15) is 6.04 Å². The van der Waals surface area contributed by atoms with Crippen LogP contribution in [0.25, 0.3) is 10.9 Å². The van der Waals surface area contributed by atoms with E-state index in [4.69, 9.17) is 0 Å². The molecule has 1 unspecified atom stereocenters. The molecular weight excluding hydrogens is 450 g/mol. The number of hydrogen-bond acceptors (Lipinski definition) is 4. The Morgan fingerprint density at radius 2 is 1.81 bits per heavy atom. The summed E-state index contributed by atoms with van der Waals surface area (Å²) < 4.78 is 0. The highest BCUT2D eigenvalue weighted by Gasteiger charge is 2.31. The fourth-order valence-electron chi connectivity index (χ4n) is 4.95. The van der Waals surface area contributed by atoms with Crippen molar-refractivity contribution in [2.45, 2.75) is 18.9 Å². The first-order valence-electron chi connectivity index (χ1n) is 12.4. The van der Waals surface area contributed by atoms with Gasteiger partial charge in [0.25, 0.3) is 5.91 Å². The molecule has 1 atom stereocenters. The van der Waals surface area contributed by atoms with Crippen molar-refractivity contribution in [1.82, 2.24) is 20.2 Å². The number of aromatic amines is 1. The van der Waals surface area contributed by atoms with Gasteiger partial charge in [0, 0.05) is 62.0 Å². The number of hydrogen-bond donors (Lipinski definition) is 2. The number of likely N-dealkylation sites (tertiary alicyclic amines) is 1. The molecule has 0 saturated carbocycles. The number of amides is 2. The van der Waals surface area contributed by atoms with Crippen LogP contribution in [0, 0.1) is 5.92 Å². The molecule has 184 valence electrons. The number of anilines is 1. The van der Waals surface area contributed by atoms with Crippen molar-refractivity contribution < 1.29 is 9.59 Å². The van der Waals surface area contributed by atoms with Gasteiger partial charge in [-0.25, -0.2) is 0 Å². The molecule has 2 N–H and O–H groups in total. The number of benzene rings is 2. The van der Waals surface area contributed by atoms with Crippen LogP contribution in [0.4, 0.5) is 5.69 Å².